The first-order valence-electron chi connectivity index (χ1n) is 5.48. The van der Waals surface area contributed by atoms with Crippen LogP contribution < -0.4 is 15.8 Å². The van der Waals surface area contributed by atoms with Gasteiger partial charge >= 0.3 is 0 Å². The van der Waals surface area contributed by atoms with Crippen molar-refractivity contribution in [1.29, 1.82) is 0 Å². The molecule has 2 rings (SSSR count). The van der Waals surface area contributed by atoms with E-state index in [1.54, 1.807) is 6.07 Å². The summed E-state index contributed by atoms with van der Waals surface area (Å²) in [4.78, 5) is 15.0. The number of carbonyl (C=O) groups excluding carboxylic acids is 1. The van der Waals surface area contributed by atoms with Crippen molar-refractivity contribution in [2.24, 2.45) is 5.73 Å². The molecule has 0 aliphatic carbocycles. The molecule has 1 amide bonds. The number of nitrogens with two attached hydrogens (primary N) is 1. The van der Waals surface area contributed by atoms with Gasteiger partial charge in [-0.05, 0) is 19.4 Å². The van der Waals surface area contributed by atoms with Crippen molar-refractivity contribution in [2.75, 3.05) is 13.2 Å². The third kappa shape index (κ3) is 5.03. The van der Waals surface area contributed by atoms with Gasteiger partial charge in [-0.25, -0.2) is 4.98 Å². The average molecular weight is 329 g/mol. The summed E-state index contributed by atoms with van der Waals surface area (Å²) in [6.45, 7) is 1.49. The summed E-state index contributed by atoms with van der Waals surface area (Å²) in [7, 11) is 0. The predicted molar refractivity (Wildman–Crippen MR) is 78.8 cm³/mol. The van der Waals surface area contributed by atoms with Crippen LogP contribution in [0, 0.1) is 0 Å². The average Bonchev–Trinajstić information content (AvgIpc) is 2.78. The molecule has 2 heterocycles. The Bertz CT molecular complexity index is 426. The van der Waals surface area contributed by atoms with Crippen LogP contribution in [0.25, 0.3) is 0 Å². The van der Waals surface area contributed by atoms with E-state index in [0.29, 0.717) is 23.4 Å². The minimum absolute atomic E-state index is 0. The van der Waals surface area contributed by atoms with E-state index in [1.807, 2.05) is 0 Å². The number of pyridine rings is 1. The van der Waals surface area contributed by atoms with Crippen LogP contribution in [0.1, 0.15) is 23.3 Å². The van der Waals surface area contributed by atoms with Crippen LogP contribution in [0.4, 0.5) is 0 Å². The van der Waals surface area contributed by atoms with Crippen LogP contribution in [0.15, 0.2) is 12.3 Å². The molecule has 8 heteroatoms. The van der Waals surface area contributed by atoms with Crippen LogP contribution in [0.2, 0.25) is 5.02 Å². The lowest BCUT2D eigenvalue weighted by atomic mass is 10.2. The SMILES string of the molecule is Cl.Cl.NC(=O)c1ncc(Cl)cc1OCC1CCCN1. The first kappa shape index (κ1) is 18.2. The van der Waals surface area contributed by atoms with Gasteiger partial charge in [0.2, 0.25) is 0 Å². The van der Waals surface area contributed by atoms with Crippen LogP contribution in [-0.4, -0.2) is 30.1 Å². The van der Waals surface area contributed by atoms with E-state index in [1.165, 1.54) is 6.20 Å². The maximum absolute atomic E-state index is 11.2. The third-order valence-corrected chi connectivity index (χ3v) is 2.86. The molecule has 0 bridgehead atoms. The summed E-state index contributed by atoms with van der Waals surface area (Å²) in [5, 5.41) is 3.72. The first-order valence-corrected chi connectivity index (χ1v) is 5.86. The van der Waals surface area contributed by atoms with Crippen molar-refractivity contribution >= 4 is 42.3 Å². The molecule has 1 aliphatic heterocycles. The van der Waals surface area contributed by atoms with Gasteiger partial charge in [-0.1, -0.05) is 11.6 Å². The second kappa shape index (κ2) is 8.43. The lowest BCUT2D eigenvalue weighted by molar-refractivity contribution is 0.0990. The first-order chi connectivity index (χ1) is 8.16. The summed E-state index contributed by atoms with van der Waals surface area (Å²) in [5.74, 6) is -0.269. The van der Waals surface area contributed by atoms with Crippen molar-refractivity contribution in [1.82, 2.24) is 10.3 Å². The summed E-state index contributed by atoms with van der Waals surface area (Å²) in [5.41, 5.74) is 5.33. The molecule has 1 aromatic rings. The molecular weight excluding hydrogens is 312 g/mol. The van der Waals surface area contributed by atoms with Crippen LogP contribution in [0.3, 0.4) is 0 Å². The zero-order valence-corrected chi connectivity index (χ0v) is 12.5. The zero-order chi connectivity index (χ0) is 12.3. The van der Waals surface area contributed by atoms with E-state index in [0.717, 1.165) is 19.4 Å². The molecule has 0 spiro atoms. The normalized spacial score (nSPS) is 17.2. The highest BCUT2D eigenvalue weighted by molar-refractivity contribution is 6.30. The van der Waals surface area contributed by atoms with Gasteiger partial charge in [-0.2, -0.15) is 0 Å². The fraction of sp³-hybridized carbons (Fsp3) is 0.455. The van der Waals surface area contributed by atoms with E-state index in [9.17, 15) is 4.79 Å². The molecular formula is C11H16Cl3N3O2. The molecule has 108 valence electrons. The molecule has 5 nitrogen and oxygen atoms in total. The number of nitrogens with zero attached hydrogens (tertiary/aromatic N) is 1. The van der Waals surface area contributed by atoms with Crippen molar-refractivity contribution in [3.05, 3.63) is 23.0 Å². The fourth-order valence-electron chi connectivity index (χ4n) is 1.81. The lowest BCUT2D eigenvalue weighted by Gasteiger charge is -2.13. The number of amides is 1. The Morgan fingerprint density at radius 3 is 2.89 bits per heavy atom. The van der Waals surface area contributed by atoms with E-state index in [4.69, 9.17) is 22.1 Å². The number of ether oxygens (including phenoxy) is 1. The van der Waals surface area contributed by atoms with Crippen molar-refractivity contribution in [3.63, 3.8) is 0 Å². The molecule has 0 saturated carbocycles. The summed E-state index contributed by atoms with van der Waals surface area (Å²) >= 11 is 5.81. The smallest absolute Gasteiger partial charge is 0.271 e. The van der Waals surface area contributed by atoms with Gasteiger partial charge in [-0.15, -0.1) is 24.8 Å². The highest BCUT2D eigenvalue weighted by Crippen LogP contribution is 2.21. The Labute approximate surface area is 129 Å². The number of rotatable bonds is 4. The van der Waals surface area contributed by atoms with Crippen LogP contribution in [0.5, 0.6) is 5.75 Å². The van der Waals surface area contributed by atoms with Gasteiger partial charge in [0.1, 0.15) is 6.61 Å². The number of hydrogen-bond donors (Lipinski definition) is 2. The van der Waals surface area contributed by atoms with Crippen molar-refractivity contribution in [2.45, 2.75) is 18.9 Å². The van der Waals surface area contributed by atoms with Crippen molar-refractivity contribution < 1.29 is 9.53 Å². The standard InChI is InChI=1S/C11H14ClN3O2.2ClH/c12-7-4-9(10(11(13)16)15-5-7)17-6-8-2-1-3-14-8;;/h4-5,8,14H,1-3,6H2,(H2,13,16);2*1H. The van der Waals surface area contributed by atoms with Gasteiger partial charge in [-0.3, -0.25) is 4.79 Å². The highest BCUT2D eigenvalue weighted by atomic mass is 35.5. The largest absolute Gasteiger partial charge is 0.489 e. The van der Waals surface area contributed by atoms with Gasteiger partial charge in [0.05, 0.1) is 5.02 Å². The molecule has 3 N–H and O–H groups in total. The number of primary amides is 1. The van der Waals surface area contributed by atoms with Gasteiger partial charge in [0.15, 0.2) is 11.4 Å². The summed E-state index contributed by atoms with van der Waals surface area (Å²) in [6.07, 6.45) is 3.59. The highest BCUT2D eigenvalue weighted by Gasteiger charge is 2.17. The van der Waals surface area contributed by atoms with E-state index in [2.05, 4.69) is 10.3 Å². The Morgan fingerprint density at radius 1 is 1.58 bits per heavy atom. The Balaban J connectivity index is 0.00000162. The number of aromatic nitrogens is 1. The fourth-order valence-corrected chi connectivity index (χ4v) is 1.95. The molecule has 1 aromatic heterocycles. The van der Waals surface area contributed by atoms with Gasteiger partial charge < -0.3 is 15.8 Å². The molecule has 1 aliphatic rings. The van der Waals surface area contributed by atoms with Crippen LogP contribution >= 0.6 is 36.4 Å². The Hall–Kier alpha value is -0.750. The molecule has 1 unspecified atom stereocenters. The minimum Gasteiger partial charge on any atom is -0.489 e. The number of halogens is 3. The zero-order valence-electron chi connectivity index (χ0n) is 10.1. The molecule has 1 saturated heterocycles. The van der Waals surface area contributed by atoms with Crippen molar-refractivity contribution in [3.8, 4) is 5.75 Å². The second-order valence-corrected chi connectivity index (χ2v) is 4.41. The third-order valence-electron chi connectivity index (χ3n) is 2.66. The maximum Gasteiger partial charge on any atom is 0.271 e. The van der Waals surface area contributed by atoms with E-state index >= 15 is 0 Å². The minimum atomic E-state index is -0.615. The second-order valence-electron chi connectivity index (χ2n) is 3.97. The molecule has 0 radical (unpaired) electrons. The van der Waals surface area contributed by atoms with Crippen LogP contribution in [-0.2, 0) is 0 Å². The van der Waals surface area contributed by atoms with E-state index < -0.39 is 5.91 Å². The lowest BCUT2D eigenvalue weighted by Crippen LogP contribution is -2.28. The molecule has 1 fully saturated rings. The predicted octanol–water partition coefficient (Wildman–Crippen LogP) is 1.81. The number of carbonyl (C=O) groups is 1. The molecule has 1 atom stereocenters. The molecule has 19 heavy (non-hydrogen) atoms. The topological polar surface area (TPSA) is 77.2 Å². The number of hydrogen-bond acceptors (Lipinski definition) is 4. The maximum atomic E-state index is 11.2. The monoisotopic (exact) mass is 327 g/mol. The summed E-state index contributed by atoms with van der Waals surface area (Å²) < 4.78 is 5.55. The Morgan fingerprint density at radius 2 is 2.32 bits per heavy atom. The van der Waals surface area contributed by atoms with Gasteiger partial charge in [0.25, 0.3) is 5.91 Å². The van der Waals surface area contributed by atoms with E-state index in [-0.39, 0.29) is 30.5 Å². The Kier molecular flexibility index (Phi) is 8.09. The molecule has 0 aromatic carbocycles. The quantitative estimate of drug-likeness (QED) is 0.883. The summed E-state index contributed by atoms with van der Waals surface area (Å²) in [6, 6.07) is 1.87. The number of nitrogens with one attached hydrogen (secondary N) is 1. The van der Waals surface area contributed by atoms with Gasteiger partial charge in [0, 0.05) is 18.3 Å².